The molecule has 0 aliphatic carbocycles. The minimum absolute atomic E-state index is 0.0861. The van der Waals surface area contributed by atoms with Crippen molar-refractivity contribution in [1.29, 1.82) is 0 Å². The van der Waals surface area contributed by atoms with Crippen LogP contribution in [0.25, 0.3) is 0 Å². The summed E-state index contributed by atoms with van der Waals surface area (Å²) in [6.45, 7) is 3.80. The zero-order valence-corrected chi connectivity index (χ0v) is 20.9. The number of hydrogen-bond donors (Lipinski definition) is 1. The summed E-state index contributed by atoms with van der Waals surface area (Å²) in [7, 11) is -0.162. The zero-order valence-electron chi connectivity index (χ0n) is 19.3. The van der Waals surface area contributed by atoms with Crippen LogP contribution in [0.2, 0.25) is 0 Å². The summed E-state index contributed by atoms with van der Waals surface area (Å²) in [4.78, 5) is 15.7. The number of rotatable bonds is 6. The van der Waals surface area contributed by atoms with Gasteiger partial charge in [-0.2, -0.15) is 4.31 Å². The largest absolute Gasteiger partial charge is 0.496 e. The van der Waals surface area contributed by atoms with Gasteiger partial charge in [0.1, 0.15) is 5.75 Å². The van der Waals surface area contributed by atoms with Gasteiger partial charge in [-0.1, -0.05) is 25.1 Å². The lowest BCUT2D eigenvalue weighted by molar-refractivity contribution is -0.118. The third-order valence-electron chi connectivity index (χ3n) is 6.37. The number of thioether (sulfide) groups is 1. The summed E-state index contributed by atoms with van der Waals surface area (Å²) >= 11 is 1.57. The van der Waals surface area contributed by atoms with Crippen molar-refractivity contribution in [3.63, 3.8) is 0 Å². The SMILES string of the molecule is COc1ccccc1CN(C1CCN(C)CC1)S(=O)(=O)c1ccc2c(c1)NC(=O)[C@@H](C)CS2. The van der Waals surface area contributed by atoms with Crippen molar-refractivity contribution >= 4 is 33.4 Å². The fraction of sp³-hybridized carbons (Fsp3) is 0.458. The number of carbonyl (C=O) groups is 1. The van der Waals surface area contributed by atoms with E-state index in [1.165, 1.54) is 0 Å². The first-order valence-corrected chi connectivity index (χ1v) is 13.6. The molecular formula is C24H31N3O4S2. The van der Waals surface area contributed by atoms with Crippen molar-refractivity contribution in [3.8, 4) is 5.75 Å². The second-order valence-electron chi connectivity index (χ2n) is 8.76. The van der Waals surface area contributed by atoms with Gasteiger partial charge in [-0.15, -0.1) is 11.8 Å². The predicted octanol–water partition coefficient (Wildman–Crippen LogP) is 3.66. The van der Waals surface area contributed by atoms with E-state index in [1.54, 1.807) is 41.4 Å². The maximum Gasteiger partial charge on any atom is 0.243 e. The molecule has 4 rings (SSSR count). The number of nitrogens with one attached hydrogen (secondary N) is 1. The molecular weight excluding hydrogens is 458 g/mol. The first-order valence-electron chi connectivity index (χ1n) is 11.2. The van der Waals surface area contributed by atoms with Crippen LogP contribution in [0.5, 0.6) is 5.75 Å². The molecule has 0 radical (unpaired) electrons. The topological polar surface area (TPSA) is 79.0 Å². The highest BCUT2D eigenvalue weighted by Crippen LogP contribution is 2.36. The first kappa shape index (κ1) is 24.1. The second kappa shape index (κ2) is 10.0. The Bertz CT molecular complexity index is 1110. The Hall–Kier alpha value is -2.07. The molecule has 0 aromatic heterocycles. The van der Waals surface area contributed by atoms with Crippen molar-refractivity contribution < 1.29 is 17.9 Å². The number of amides is 1. The van der Waals surface area contributed by atoms with E-state index in [0.29, 0.717) is 17.2 Å². The van der Waals surface area contributed by atoms with Crippen molar-refractivity contribution in [3.05, 3.63) is 48.0 Å². The highest BCUT2D eigenvalue weighted by molar-refractivity contribution is 7.99. The molecule has 1 atom stereocenters. The number of ether oxygens (including phenoxy) is 1. The van der Waals surface area contributed by atoms with E-state index in [0.717, 1.165) is 36.4 Å². The Kier molecular flexibility index (Phi) is 7.33. The van der Waals surface area contributed by atoms with Crippen LogP contribution in [-0.2, 0) is 21.4 Å². The summed E-state index contributed by atoms with van der Waals surface area (Å²) in [6, 6.07) is 12.5. The van der Waals surface area contributed by atoms with Gasteiger partial charge in [0, 0.05) is 34.7 Å². The summed E-state index contributed by atoms with van der Waals surface area (Å²) in [5.41, 5.74) is 1.39. The molecule has 2 aromatic carbocycles. The van der Waals surface area contributed by atoms with Gasteiger partial charge in [0.15, 0.2) is 0 Å². The van der Waals surface area contributed by atoms with Gasteiger partial charge in [-0.05, 0) is 57.2 Å². The Morgan fingerprint density at radius 3 is 2.64 bits per heavy atom. The molecule has 1 fully saturated rings. The first-order chi connectivity index (χ1) is 15.8. The van der Waals surface area contributed by atoms with E-state index in [2.05, 4.69) is 17.3 Å². The Labute approximate surface area is 200 Å². The molecule has 0 bridgehead atoms. The molecule has 0 saturated carbocycles. The molecule has 7 nitrogen and oxygen atoms in total. The monoisotopic (exact) mass is 489 g/mol. The van der Waals surface area contributed by atoms with Crippen molar-refractivity contribution in [1.82, 2.24) is 9.21 Å². The lowest BCUT2D eigenvalue weighted by atomic mass is 10.0. The molecule has 0 spiro atoms. The minimum Gasteiger partial charge on any atom is -0.496 e. The smallest absolute Gasteiger partial charge is 0.243 e. The standard InChI is InChI=1S/C24H31N3O4S2/c1-17-16-32-23-9-8-20(14-21(23)25-24(17)28)33(29,30)27(19-10-12-26(2)13-11-19)15-18-6-4-5-7-22(18)31-3/h4-9,14,17,19H,10-13,15-16H2,1-3H3,(H,25,28)/t17-/m0/s1. The van der Waals surface area contributed by atoms with Gasteiger partial charge in [-0.3, -0.25) is 4.79 Å². The Morgan fingerprint density at radius 2 is 1.91 bits per heavy atom. The van der Waals surface area contributed by atoms with Gasteiger partial charge < -0.3 is 15.0 Å². The van der Waals surface area contributed by atoms with Crippen LogP contribution in [0.4, 0.5) is 5.69 Å². The molecule has 9 heteroatoms. The quantitative estimate of drug-likeness (QED) is 0.667. The van der Waals surface area contributed by atoms with E-state index < -0.39 is 10.0 Å². The van der Waals surface area contributed by atoms with E-state index in [1.807, 2.05) is 31.2 Å². The van der Waals surface area contributed by atoms with Crippen LogP contribution in [0.3, 0.4) is 0 Å². The van der Waals surface area contributed by atoms with Gasteiger partial charge in [0.05, 0.1) is 17.7 Å². The summed E-state index contributed by atoms with van der Waals surface area (Å²) < 4.78 is 35.1. The van der Waals surface area contributed by atoms with Crippen LogP contribution in [0.1, 0.15) is 25.3 Å². The number of nitrogens with zero attached hydrogens (tertiary/aromatic N) is 2. The van der Waals surface area contributed by atoms with Gasteiger partial charge in [0.2, 0.25) is 15.9 Å². The number of methoxy groups -OCH3 is 1. The van der Waals surface area contributed by atoms with E-state index in [9.17, 15) is 13.2 Å². The molecule has 2 aromatic rings. The molecule has 178 valence electrons. The van der Waals surface area contributed by atoms with Crippen molar-refractivity contribution in [2.75, 3.05) is 38.3 Å². The fourth-order valence-corrected chi connectivity index (χ4v) is 6.97. The summed E-state index contributed by atoms with van der Waals surface area (Å²) in [5.74, 6) is 1.12. The third-order valence-corrected chi connectivity index (χ3v) is 9.59. The number of para-hydroxylation sites is 1. The Morgan fingerprint density at radius 1 is 1.18 bits per heavy atom. The number of likely N-dealkylation sites (tertiary alicyclic amines) is 1. The number of benzene rings is 2. The molecule has 2 aliphatic rings. The number of fused-ring (bicyclic) bond motifs is 1. The van der Waals surface area contributed by atoms with Gasteiger partial charge in [0.25, 0.3) is 0 Å². The number of carbonyl (C=O) groups excluding carboxylic acids is 1. The van der Waals surface area contributed by atoms with E-state index in [-0.39, 0.29) is 29.3 Å². The van der Waals surface area contributed by atoms with Gasteiger partial charge >= 0.3 is 0 Å². The highest BCUT2D eigenvalue weighted by atomic mass is 32.2. The van der Waals surface area contributed by atoms with E-state index >= 15 is 0 Å². The van der Waals surface area contributed by atoms with Crippen molar-refractivity contribution in [2.45, 2.75) is 42.1 Å². The Balaban J connectivity index is 1.71. The third kappa shape index (κ3) is 5.21. The minimum atomic E-state index is -3.82. The predicted molar refractivity (Wildman–Crippen MR) is 131 cm³/mol. The fourth-order valence-electron chi connectivity index (χ4n) is 4.27. The number of hydrogen-bond acceptors (Lipinski definition) is 6. The van der Waals surface area contributed by atoms with Gasteiger partial charge in [-0.25, -0.2) is 8.42 Å². The maximum atomic E-state index is 14.0. The molecule has 1 N–H and O–H groups in total. The zero-order chi connectivity index (χ0) is 23.6. The summed E-state index contributed by atoms with van der Waals surface area (Å²) in [6.07, 6.45) is 1.53. The molecule has 2 heterocycles. The van der Waals surface area contributed by atoms with Crippen LogP contribution in [-0.4, -0.2) is 62.6 Å². The number of piperidine rings is 1. The lowest BCUT2D eigenvalue weighted by Crippen LogP contribution is -2.46. The average molecular weight is 490 g/mol. The van der Waals surface area contributed by atoms with E-state index in [4.69, 9.17) is 4.74 Å². The number of sulfonamides is 1. The molecule has 0 unspecified atom stereocenters. The van der Waals surface area contributed by atoms with Crippen LogP contribution in [0.15, 0.2) is 52.3 Å². The molecule has 1 amide bonds. The van der Waals surface area contributed by atoms with Crippen LogP contribution >= 0.6 is 11.8 Å². The van der Waals surface area contributed by atoms with Crippen molar-refractivity contribution in [2.24, 2.45) is 5.92 Å². The highest BCUT2D eigenvalue weighted by Gasteiger charge is 2.34. The molecule has 2 aliphatic heterocycles. The maximum absolute atomic E-state index is 14.0. The second-order valence-corrected chi connectivity index (χ2v) is 11.7. The summed E-state index contributed by atoms with van der Waals surface area (Å²) in [5, 5.41) is 2.91. The average Bonchev–Trinajstić information content (AvgIpc) is 2.95. The van der Waals surface area contributed by atoms with Crippen LogP contribution < -0.4 is 10.1 Å². The molecule has 1 saturated heterocycles. The molecule has 33 heavy (non-hydrogen) atoms. The normalized spacial score (nSPS) is 20.2. The number of anilines is 1. The lowest BCUT2D eigenvalue weighted by Gasteiger charge is -2.36. The van der Waals surface area contributed by atoms with Crippen LogP contribution in [0, 0.1) is 5.92 Å².